The Bertz CT molecular complexity index is 1230. The van der Waals surface area contributed by atoms with E-state index >= 15 is 0 Å². The van der Waals surface area contributed by atoms with Crippen LogP contribution in [0.2, 0.25) is 10.0 Å². The molecule has 0 aliphatic carbocycles. The van der Waals surface area contributed by atoms with Crippen LogP contribution in [0.4, 0.5) is 33.7 Å². The fourth-order valence-corrected chi connectivity index (χ4v) is 2.92. The lowest BCUT2D eigenvalue weighted by Gasteiger charge is -2.13. The highest BCUT2D eigenvalue weighted by atomic mass is 35.5. The highest BCUT2D eigenvalue weighted by Crippen LogP contribution is 2.34. The van der Waals surface area contributed by atoms with Gasteiger partial charge in [0.1, 0.15) is 23.4 Å². The first-order valence-electron chi connectivity index (χ1n) is 8.68. The maximum atomic E-state index is 13.4. The van der Waals surface area contributed by atoms with Gasteiger partial charge in [-0.1, -0.05) is 23.2 Å². The van der Waals surface area contributed by atoms with Crippen molar-refractivity contribution in [2.24, 2.45) is 0 Å². The minimum Gasteiger partial charge on any atom is -0.456 e. The lowest BCUT2D eigenvalue weighted by Crippen LogP contribution is -2.20. The van der Waals surface area contributed by atoms with Crippen LogP contribution in [-0.2, 0) is 6.18 Å². The lowest BCUT2D eigenvalue weighted by molar-refractivity contribution is -0.139. The monoisotopic (exact) mass is 483 g/mol. The average molecular weight is 484 g/mol. The van der Waals surface area contributed by atoms with E-state index in [-0.39, 0.29) is 38.5 Å². The van der Waals surface area contributed by atoms with E-state index < -0.39 is 23.6 Å². The second-order valence-corrected chi connectivity index (χ2v) is 7.09. The Morgan fingerprint density at radius 3 is 2.22 bits per heavy atom. The highest BCUT2D eigenvalue weighted by Gasteiger charge is 2.34. The van der Waals surface area contributed by atoms with Crippen molar-refractivity contribution >= 4 is 40.6 Å². The van der Waals surface area contributed by atoms with E-state index in [1.54, 1.807) is 0 Å². The van der Waals surface area contributed by atoms with Crippen LogP contribution >= 0.6 is 23.2 Å². The van der Waals surface area contributed by atoms with Crippen molar-refractivity contribution in [1.29, 1.82) is 5.26 Å². The predicted octanol–water partition coefficient (Wildman–Crippen LogP) is 7.46. The molecule has 0 saturated carbocycles. The van der Waals surface area contributed by atoms with Crippen LogP contribution in [0.1, 0.15) is 11.1 Å². The summed E-state index contributed by atoms with van der Waals surface area (Å²) in [6.07, 6.45) is -4.91. The number of benzene rings is 3. The minimum absolute atomic E-state index is 0.145. The molecule has 11 heteroatoms. The molecule has 0 fully saturated rings. The van der Waals surface area contributed by atoms with E-state index in [1.165, 1.54) is 36.4 Å². The minimum atomic E-state index is -4.91. The zero-order chi connectivity index (χ0) is 23.5. The van der Waals surface area contributed by atoms with E-state index in [0.29, 0.717) is 12.1 Å². The molecule has 0 spiro atoms. The first-order valence-corrected chi connectivity index (χ1v) is 9.44. The summed E-state index contributed by atoms with van der Waals surface area (Å²) in [4.78, 5) is 12.2. The van der Waals surface area contributed by atoms with Gasteiger partial charge in [0, 0.05) is 23.5 Å². The number of hydrogen-bond acceptors (Lipinski definition) is 3. The summed E-state index contributed by atoms with van der Waals surface area (Å²) < 4.78 is 57.5. The van der Waals surface area contributed by atoms with Gasteiger partial charge < -0.3 is 15.4 Å². The molecule has 3 aromatic carbocycles. The van der Waals surface area contributed by atoms with Crippen LogP contribution in [0.25, 0.3) is 0 Å². The molecule has 0 aromatic heterocycles. The molecule has 3 rings (SSSR count). The van der Waals surface area contributed by atoms with E-state index in [4.69, 9.17) is 33.2 Å². The summed E-state index contributed by atoms with van der Waals surface area (Å²) in [5.41, 5.74) is -1.29. The molecular weight excluding hydrogens is 473 g/mol. The molecule has 5 nitrogen and oxygen atoms in total. The van der Waals surface area contributed by atoms with Crippen LogP contribution in [-0.4, -0.2) is 6.03 Å². The number of amides is 2. The van der Waals surface area contributed by atoms with Crippen molar-refractivity contribution in [2.75, 3.05) is 10.6 Å². The molecule has 0 atom stereocenters. The summed E-state index contributed by atoms with van der Waals surface area (Å²) >= 11 is 12.1. The molecule has 0 radical (unpaired) electrons. The average Bonchev–Trinajstić information content (AvgIpc) is 2.71. The Labute approximate surface area is 189 Å². The van der Waals surface area contributed by atoms with Gasteiger partial charge in [-0.3, -0.25) is 0 Å². The third-order valence-corrected chi connectivity index (χ3v) is 4.63. The predicted molar refractivity (Wildman–Crippen MR) is 112 cm³/mol. The summed E-state index contributed by atoms with van der Waals surface area (Å²) in [6, 6.07) is 11.7. The van der Waals surface area contributed by atoms with Gasteiger partial charge in [0.05, 0.1) is 21.2 Å². The number of halogens is 6. The van der Waals surface area contributed by atoms with E-state index in [9.17, 15) is 22.4 Å². The Balaban J connectivity index is 1.74. The Morgan fingerprint density at radius 2 is 1.59 bits per heavy atom. The molecule has 0 aliphatic rings. The molecular formula is C21H11Cl2F4N3O2. The van der Waals surface area contributed by atoms with Crippen molar-refractivity contribution in [1.82, 2.24) is 0 Å². The number of carbonyl (C=O) groups excluding carboxylic acids is 1. The maximum Gasteiger partial charge on any atom is 0.419 e. The van der Waals surface area contributed by atoms with Gasteiger partial charge in [0.2, 0.25) is 0 Å². The quantitative estimate of drug-likeness (QED) is 0.378. The molecule has 3 aromatic rings. The number of nitrogens with one attached hydrogen (secondary N) is 2. The summed E-state index contributed by atoms with van der Waals surface area (Å²) in [6.45, 7) is 0. The number of rotatable bonds is 4. The molecule has 0 heterocycles. The van der Waals surface area contributed by atoms with Crippen LogP contribution < -0.4 is 15.4 Å². The van der Waals surface area contributed by atoms with Gasteiger partial charge in [0.25, 0.3) is 0 Å². The summed E-state index contributed by atoms with van der Waals surface area (Å²) in [5, 5.41) is 13.9. The van der Waals surface area contributed by atoms with Gasteiger partial charge >= 0.3 is 12.2 Å². The zero-order valence-corrected chi connectivity index (χ0v) is 17.2. The second kappa shape index (κ2) is 9.34. The summed E-state index contributed by atoms with van der Waals surface area (Å²) in [5.74, 6) is -1.03. The third kappa shape index (κ3) is 5.60. The normalized spacial score (nSPS) is 10.9. The van der Waals surface area contributed by atoms with Crippen molar-refractivity contribution in [3.63, 3.8) is 0 Å². The van der Waals surface area contributed by atoms with Crippen molar-refractivity contribution in [3.05, 3.63) is 81.6 Å². The number of anilines is 2. The topological polar surface area (TPSA) is 74.1 Å². The van der Waals surface area contributed by atoms with Crippen molar-refractivity contribution < 1.29 is 27.1 Å². The number of hydrogen-bond donors (Lipinski definition) is 2. The van der Waals surface area contributed by atoms with Crippen LogP contribution in [0.15, 0.2) is 54.6 Å². The Morgan fingerprint density at radius 1 is 0.938 bits per heavy atom. The van der Waals surface area contributed by atoms with Gasteiger partial charge in [-0.15, -0.1) is 0 Å². The first kappa shape index (κ1) is 23.2. The standard InChI is InChI=1S/C21H11Cl2F4N3O2/c22-16-5-2-13(8-19(16)32-14-4-1-11(10-28)17(23)9-14)30-20(31)29-12-3-6-18(24)15(7-12)21(25,26)27/h1-9H,(H2,29,30,31). The zero-order valence-electron chi connectivity index (χ0n) is 15.7. The molecule has 164 valence electrons. The van der Waals surface area contributed by atoms with Gasteiger partial charge in [-0.2, -0.15) is 18.4 Å². The maximum absolute atomic E-state index is 13.4. The van der Waals surface area contributed by atoms with E-state index in [0.717, 1.165) is 6.07 Å². The third-order valence-electron chi connectivity index (χ3n) is 4.01. The number of nitriles is 1. The van der Waals surface area contributed by atoms with E-state index in [1.807, 2.05) is 6.07 Å². The number of alkyl halides is 3. The van der Waals surface area contributed by atoms with Gasteiger partial charge in [-0.25, -0.2) is 9.18 Å². The molecule has 2 amide bonds. The summed E-state index contributed by atoms with van der Waals surface area (Å²) in [7, 11) is 0. The Hall–Kier alpha value is -3.48. The lowest BCUT2D eigenvalue weighted by atomic mass is 10.2. The largest absolute Gasteiger partial charge is 0.456 e. The highest BCUT2D eigenvalue weighted by molar-refractivity contribution is 6.32. The SMILES string of the molecule is N#Cc1ccc(Oc2cc(NC(=O)Nc3ccc(F)c(C(F)(F)F)c3)ccc2Cl)cc1Cl. The van der Waals surface area contributed by atoms with Gasteiger partial charge in [-0.05, 0) is 42.5 Å². The first-order chi connectivity index (χ1) is 15.1. The van der Waals surface area contributed by atoms with Crippen molar-refractivity contribution in [2.45, 2.75) is 6.18 Å². The number of carbonyl (C=O) groups is 1. The van der Waals surface area contributed by atoms with Crippen molar-refractivity contribution in [3.8, 4) is 17.6 Å². The molecule has 32 heavy (non-hydrogen) atoms. The van der Waals surface area contributed by atoms with E-state index in [2.05, 4.69) is 10.6 Å². The van der Waals surface area contributed by atoms with Crippen LogP contribution in [0, 0.1) is 17.1 Å². The fourth-order valence-electron chi connectivity index (χ4n) is 2.55. The fraction of sp³-hybridized carbons (Fsp3) is 0.0476. The second-order valence-electron chi connectivity index (χ2n) is 6.27. The smallest absolute Gasteiger partial charge is 0.419 e. The van der Waals surface area contributed by atoms with Crippen LogP contribution in [0.3, 0.4) is 0 Å². The van der Waals surface area contributed by atoms with Gasteiger partial charge in [0.15, 0.2) is 0 Å². The molecule has 0 saturated heterocycles. The van der Waals surface area contributed by atoms with Crippen LogP contribution in [0.5, 0.6) is 11.5 Å². The Kier molecular flexibility index (Phi) is 6.77. The molecule has 2 N–H and O–H groups in total. The molecule has 0 unspecified atom stereocenters. The molecule has 0 aliphatic heterocycles. The molecule has 0 bridgehead atoms. The number of nitrogens with zero attached hydrogens (tertiary/aromatic N) is 1. The number of urea groups is 1. The number of ether oxygens (including phenoxy) is 1.